The van der Waals surface area contributed by atoms with E-state index in [-0.39, 0.29) is 44.8 Å². The van der Waals surface area contributed by atoms with Crippen molar-refractivity contribution in [3.63, 3.8) is 0 Å². The highest BCUT2D eigenvalue weighted by Crippen LogP contribution is 2.60. The number of rotatable bonds is 9. The van der Waals surface area contributed by atoms with E-state index in [4.69, 9.17) is 31.5 Å². The molecule has 0 spiro atoms. The van der Waals surface area contributed by atoms with Crippen LogP contribution in [0, 0.1) is 106 Å². The average molecular weight is 929 g/mol. The van der Waals surface area contributed by atoms with Crippen molar-refractivity contribution in [3.05, 3.63) is 0 Å². The third-order valence-electron chi connectivity index (χ3n) is 19.5. The van der Waals surface area contributed by atoms with E-state index >= 15 is 0 Å². The van der Waals surface area contributed by atoms with Crippen molar-refractivity contribution in [1.29, 1.82) is 0 Å². The van der Waals surface area contributed by atoms with Gasteiger partial charge in [0.1, 0.15) is 0 Å². The number of hydrogen-bond acceptors (Lipinski definition) is 0. The van der Waals surface area contributed by atoms with Crippen LogP contribution in [0.2, 0.25) is 0 Å². The largest absolute Gasteiger partial charge is 0.0656 e. The Bertz CT molecular complexity index is 1860. The van der Waals surface area contributed by atoms with Crippen LogP contribution in [-0.4, -0.2) is 0 Å². The summed E-state index contributed by atoms with van der Waals surface area (Å²) >= 11 is 0. The van der Waals surface area contributed by atoms with Gasteiger partial charge in [-0.15, -0.1) is 0 Å². The molecule has 15 fully saturated rings. The van der Waals surface area contributed by atoms with Gasteiger partial charge in [-0.25, -0.2) is 0 Å². The first-order valence-corrected chi connectivity index (χ1v) is 28.2. The summed E-state index contributed by atoms with van der Waals surface area (Å²) in [5.41, 5.74) is 0. The topological polar surface area (TPSA) is 0 Å². The van der Waals surface area contributed by atoms with E-state index in [1.54, 1.807) is 0 Å². The molecule has 65 heavy (non-hydrogen) atoms. The maximum absolute atomic E-state index is 7.68. The zero-order valence-electron chi connectivity index (χ0n) is 67.0. The predicted molar refractivity (Wildman–Crippen MR) is 293 cm³/mol. The average Bonchev–Trinajstić information content (AvgIpc) is 1.61. The van der Waals surface area contributed by atoms with Crippen molar-refractivity contribution >= 4 is 0 Å². The molecule has 0 aromatic carbocycles. The lowest BCUT2D eigenvalue weighted by molar-refractivity contribution is -0.0819. The Labute approximate surface area is 444 Å². The van der Waals surface area contributed by atoms with Crippen LogP contribution < -0.4 is 0 Å². The predicted octanol–water partition coefficient (Wildman–Crippen LogP) is 22.0. The Morgan fingerprint density at radius 1 is 0.369 bits per heavy atom. The Morgan fingerprint density at radius 3 is 0.985 bits per heavy atom. The first-order chi connectivity index (χ1) is 40.3. The molecule has 0 amide bonds. The van der Waals surface area contributed by atoms with Crippen molar-refractivity contribution in [2.75, 3.05) is 0 Å². The summed E-state index contributed by atoms with van der Waals surface area (Å²) < 4.78 is 164. The van der Waals surface area contributed by atoms with Crippen molar-refractivity contribution in [1.82, 2.24) is 0 Å². The van der Waals surface area contributed by atoms with E-state index in [1.165, 1.54) is 161 Å². The maximum atomic E-state index is 7.68. The van der Waals surface area contributed by atoms with Crippen LogP contribution >= 0.6 is 0 Å². The molecular formula is C65H124. The summed E-state index contributed by atoms with van der Waals surface area (Å²) in [6, 6.07) is 0. The molecule has 0 aromatic heterocycles. The van der Waals surface area contributed by atoms with Gasteiger partial charge >= 0.3 is 0 Å². The van der Waals surface area contributed by atoms with E-state index in [9.17, 15) is 0 Å². The summed E-state index contributed by atoms with van der Waals surface area (Å²) in [5.74, 6) is 12.1. The van der Waals surface area contributed by atoms with E-state index in [1.807, 2.05) is 27.7 Å². The zero-order chi connectivity index (χ0) is 67.0. The highest BCUT2D eigenvalue weighted by Gasteiger charge is 2.50. The van der Waals surface area contributed by atoms with Crippen LogP contribution in [0.3, 0.4) is 0 Å². The van der Waals surface area contributed by atoms with Gasteiger partial charge in [0.05, 0.1) is 0 Å². The summed E-state index contributed by atoms with van der Waals surface area (Å²) in [5, 5.41) is 0. The van der Waals surface area contributed by atoms with Crippen molar-refractivity contribution in [2.24, 2.45) is 106 Å². The molecule has 13 atom stereocenters. The molecular weight excluding hydrogens is 781 g/mol. The lowest BCUT2D eigenvalue weighted by atomic mass is 9.47. The molecule has 15 aliphatic carbocycles. The Kier molecular flexibility index (Phi) is 15.9. The fourth-order valence-electron chi connectivity index (χ4n) is 15.0. The van der Waals surface area contributed by atoms with E-state index in [2.05, 4.69) is 20.8 Å². The van der Waals surface area contributed by atoms with Crippen LogP contribution in [0.5, 0.6) is 0 Å². The lowest BCUT2D eigenvalue weighted by Crippen LogP contribution is -2.49. The minimum atomic E-state index is -3.29. The smallest absolute Gasteiger partial charge is 0.0300 e. The number of hydrogen-bond donors (Lipinski definition) is 0. The molecule has 0 nitrogen and oxygen atoms in total. The minimum absolute atomic E-state index is 0.185. The minimum Gasteiger partial charge on any atom is -0.0656 e. The van der Waals surface area contributed by atoms with Gasteiger partial charge in [-0.05, 0) is 203 Å². The summed E-state index contributed by atoms with van der Waals surface area (Å²) in [4.78, 5) is 0. The summed E-state index contributed by atoms with van der Waals surface area (Å²) in [7, 11) is 0. The Balaban J connectivity index is 0.000000214. The van der Waals surface area contributed by atoms with E-state index in [0.29, 0.717) is 6.92 Å². The normalized spacial score (nSPS) is 48.6. The van der Waals surface area contributed by atoms with Crippen LogP contribution in [0.4, 0.5) is 0 Å². The Morgan fingerprint density at radius 2 is 0.754 bits per heavy atom. The quantitative estimate of drug-likeness (QED) is 0.216. The summed E-state index contributed by atoms with van der Waals surface area (Å²) in [6.07, 6.45) is 27.8. The third kappa shape index (κ3) is 18.0. The van der Waals surface area contributed by atoms with Gasteiger partial charge in [-0.3, -0.25) is 0 Å². The first-order valence-electron chi connectivity index (χ1n) is 40.3. The van der Waals surface area contributed by atoms with Gasteiger partial charge < -0.3 is 0 Å². The molecule has 0 aliphatic heterocycles. The molecule has 15 saturated carbocycles. The van der Waals surface area contributed by atoms with E-state index in [0.717, 1.165) is 108 Å². The number of fused-ring (bicyclic) bond motifs is 6. The van der Waals surface area contributed by atoms with Gasteiger partial charge in [0.2, 0.25) is 0 Å². The van der Waals surface area contributed by atoms with Crippen LogP contribution in [-0.2, 0) is 0 Å². The Hall–Kier alpha value is 0. The SMILES string of the molecule is [2H]C(C)C1C2CC1C2.[2H]C(C)C1C2CCC1C2.[2H]C(C)C1C2CCC1CC2.[2H]C(C)C1CC2CC1C2.[2H]C(C)C1CC2CCC1C2.[2H]C(C)C1CCCC1.[2H]C(C)C1CCCCC1.[2H]C([2H])([2H])C([2H])([2H])C.[2H]C([2H])([2H])C([2H])([2H])C([2H])(C)C([2H])([2H])C([2H])([2H])[2H]. The highest BCUT2D eigenvalue weighted by atomic mass is 14.6. The van der Waals surface area contributed by atoms with Crippen molar-refractivity contribution in [2.45, 2.75) is 307 Å². The molecule has 15 rings (SSSR count). The highest BCUT2D eigenvalue weighted by molar-refractivity contribution is 5.00. The molecule has 0 heteroatoms. The lowest BCUT2D eigenvalue weighted by Gasteiger charge is -2.58. The second-order valence-corrected chi connectivity index (χ2v) is 23.0. The van der Waals surface area contributed by atoms with Crippen LogP contribution in [0.25, 0.3) is 0 Å². The fraction of sp³-hybridized carbons (Fsp3) is 1.00. The summed E-state index contributed by atoms with van der Waals surface area (Å²) in [6.45, 7) is 6.92. The van der Waals surface area contributed by atoms with Gasteiger partial charge in [0.25, 0.3) is 0 Å². The van der Waals surface area contributed by atoms with Gasteiger partial charge in [0.15, 0.2) is 0 Å². The van der Waals surface area contributed by atoms with Crippen molar-refractivity contribution < 1.29 is 31.5 Å². The second kappa shape index (κ2) is 32.1. The second-order valence-electron chi connectivity index (χ2n) is 23.0. The molecule has 0 aromatic rings. The molecule has 0 radical (unpaired) electrons. The zero-order valence-corrected chi connectivity index (χ0v) is 44.0. The molecule has 15 aliphatic rings. The van der Waals surface area contributed by atoms with Crippen LogP contribution in [0.15, 0.2) is 0 Å². The van der Waals surface area contributed by atoms with Crippen molar-refractivity contribution in [3.8, 4) is 0 Å². The molecule has 384 valence electrons. The van der Waals surface area contributed by atoms with Crippen LogP contribution in [0.1, 0.15) is 339 Å². The molecule has 0 saturated heterocycles. The standard InChI is InChI=1S/2C9H16.2C8H14.C8H16.C7H12.C7H14.C6H14.C3H8/c1-2-8-5-7-3-4-9(8)6-7;1-2-9-7-3-4-8(9)6-5-7;1-2-7-3-6-4-8(7)5-6;1-2-8-6-3-4-7(8)5-6;1-2-8-6-4-3-5-7-8;1-2-7-5-3-6(7)4-5;1-2-7-5-3-4-6-7;1-4-6(3)5-2;1-3-2/h2*7-9H,2-6H2,1H3;2*6-8H,2-5H2,1H3;8H,2-7H2,1H3;5-7H,2-4H2,1H3;7H,2-6H2,1H3;6H,4-5H2,1-3H3;3H2,1-2H3/i7*2D;1D3,2D3,4D2,5D2,6D;1D3,3D2. The first kappa shape index (κ1) is 32.2. The molecule has 10 bridgehead atoms. The van der Waals surface area contributed by atoms with E-state index < -0.39 is 45.6 Å². The molecule has 0 N–H and O–H groups in total. The van der Waals surface area contributed by atoms with Gasteiger partial charge in [-0.1, -0.05) is 211 Å². The fourth-order valence-corrected chi connectivity index (χ4v) is 15.0. The van der Waals surface area contributed by atoms with Gasteiger partial charge in [0, 0.05) is 31.5 Å². The monoisotopic (exact) mass is 928 g/mol. The third-order valence-corrected chi connectivity index (χ3v) is 19.5. The molecule has 13 unspecified atom stereocenters. The van der Waals surface area contributed by atoms with Gasteiger partial charge in [-0.2, -0.15) is 0 Å². The molecule has 0 heterocycles. The maximum Gasteiger partial charge on any atom is 0.0300 e.